The van der Waals surface area contributed by atoms with Crippen molar-refractivity contribution in [2.45, 2.75) is 33.1 Å². The van der Waals surface area contributed by atoms with Crippen LogP contribution in [0.4, 0.5) is 5.13 Å². The van der Waals surface area contributed by atoms with Gasteiger partial charge in [0.1, 0.15) is 17.0 Å². The van der Waals surface area contributed by atoms with Gasteiger partial charge in [0.05, 0.1) is 5.41 Å². The number of anilines is 1. The molecular formula is C25H23N5O2S. The molecule has 2 aromatic heterocycles. The number of hydrogen-bond acceptors (Lipinski definition) is 7. The van der Waals surface area contributed by atoms with Crippen molar-refractivity contribution in [2.75, 3.05) is 5.32 Å². The van der Waals surface area contributed by atoms with Crippen LogP contribution in [0.3, 0.4) is 0 Å². The van der Waals surface area contributed by atoms with Crippen molar-refractivity contribution in [1.82, 2.24) is 20.2 Å². The third-order valence-electron chi connectivity index (χ3n) is 6.03. The number of ether oxygens (including phenoxy) is 1. The third-order valence-corrected chi connectivity index (χ3v) is 6.64. The van der Waals surface area contributed by atoms with E-state index in [4.69, 9.17) is 4.74 Å². The largest absolute Gasteiger partial charge is 0.457 e. The number of amides is 1. The molecule has 3 heterocycles. The van der Waals surface area contributed by atoms with Gasteiger partial charge in [-0.25, -0.2) is 9.97 Å². The molecule has 8 heteroatoms. The predicted octanol–water partition coefficient (Wildman–Crippen LogP) is 5.46. The van der Waals surface area contributed by atoms with Gasteiger partial charge in [-0.3, -0.25) is 4.79 Å². The first-order valence-corrected chi connectivity index (χ1v) is 11.6. The Bertz CT molecular complexity index is 1300. The molecule has 0 unspecified atom stereocenters. The average molecular weight is 458 g/mol. The van der Waals surface area contributed by atoms with Gasteiger partial charge in [-0.05, 0) is 24.1 Å². The number of nitrogens with one attached hydrogen (secondary N) is 1. The fraction of sp³-hybridized carbons (Fsp3) is 0.240. The molecule has 0 saturated heterocycles. The molecule has 1 N–H and O–H groups in total. The van der Waals surface area contributed by atoms with Crippen LogP contribution in [-0.4, -0.2) is 26.1 Å². The maximum atomic E-state index is 13.4. The Morgan fingerprint density at radius 1 is 1.09 bits per heavy atom. The molecule has 0 saturated carbocycles. The van der Waals surface area contributed by atoms with E-state index in [9.17, 15) is 4.79 Å². The van der Waals surface area contributed by atoms with Gasteiger partial charge in [0.15, 0.2) is 5.82 Å². The van der Waals surface area contributed by atoms with E-state index in [-0.39, 0.29) is 11.8 Å². The highest BCUT2D eigenvalue weighted by Gasteiger charge is 2.43. The molecule has 1 aliphatic rings. The van der Waals surface area contributed by atoms with Crippen LogP contribution in [0.5, 0.6) is 11.5 Å². The van der Waals surface area contributed by atoms with E-state index in [0.717, 1.165) is 34.4 Å². The molecule has 0 fully saturated rings. The van der Waals surface area contributed by atoms with E-state index in [1.165, 1.54) is 11.3 Å². The lowest BCUT2D eigenvalue weighted by atomic mass is 9.69. The van der Waals surface area contributed by atoms with E-state index in [2.05, 4.69) is 32.4 Å². The number of aryl methyl sites for hydroxylation is 1. The first-order valence-electron chi connectivity index (χ1n) is 10.8. The van der Waals surface area contributed by atoms with Crippen LogP contribution in [0.2, 0.25) is 0 Å². The number of aromatic nitrogens is 4. The lowest BCUT2D eigenvalue weighted by Gasteiger charge is -2.38. The molecule has 2 aromatic carbocycles. The summed E-state index contributed by atoms with van der Waals surface area (Å²) in [6.45, 7) is 5.96. The van der Waals surface area contributed by atoms with Crippen molar-refractivity contribution in [3.05, 3.63) is 77.1 Å². The van der Waals surface area contributed by atoms with Crippen molar-refractivity contribution in [1.29, 1.82) is 0 Å². The first kappa shape index (κ1) is 21.2. The van der Waals surface area contributed by atoms with Crippen molar-refractivity contribution < 1.29 is 9.53 Å². The quantitative estimate of drug-likeness (QED) is 0.428. The molecule has 0 spiro atoms. The Morgan fingerprint density at radius 3 is 2.58 bits per heavy atom. The van der Waals surface area contributed by atoms with Gasteiger partial charge in [-0.1, -0.05) is 62.4 Å². The Hall–Kier alpha value is -3.65. The Balaban J connectivity index is 1.57. The van der Waals surface area contributed by atoms with E-state index >= 15 is 0 Å². The number of carbonyl (C=O) groups is 1. The van der Waals surface area contributed by atoms with Crippen LogP contribution < -0.4 is 10.1 Å². The second-order valence-corrected chi connectivity index (χ2v) is 9.35. The number of carbonyl (C=O) groups excluding carboxylic acids is 1. The lowest BCUT2D eigenvalue weighted by Crippen LogP contribution is -2.38. The van der Waals surface area contributed by atoms with Gasteiger partial charge < -0.3 is 10.1 Å². The molecule has 33 heavy (non-hydrogen) atoms. The van der Waals surface area contributed by atoms with Crippen LogP contribution in [-0.2, 0) is 11.2 Å². The topological polar surface area (TPSA) is 89.9 Å². The maximum Gasteiger partial charge on any atom is 0.232 e. The average Bonchev–Trinajstić information content (AvgIpc) is 3.35. The van der Waals surface area contributed by atoms with Crippen molar-refractivity contribution >= 4 is 22.4 Å². The zero-order valence-electron chi connectivity index (χ0n) is 18.6. The van der Waals surface area contributed by atoms with Crippen molar-refractivity contribution in [2.24, 2.45) is 5.41 Å². The summed E-state index contributed by atoms with van der Waals surface area (Å²) in [6.07, 6.45) is 4.59. The smallest absolute Gasteiger partial charge is 0.232 e. The number of nitrogens with zero attached hydrogens (tertiary/aromatic N) is 4. The molecule has 0 aliphatic carbocycles. The fourth-order valence-electron chi connectivity index (χ4n) is 4.18. The van der Waals surface area contributed by atoms with Crippen LogP contribution >= 0.6 is 11.3 Å². The van der Waals surface area contributed by atoms with Gasteiger partial charge in [-0.15, -0.1) is 10.2 Å². The molecule has 0 bridgehead atoms. The number of para-hydroxylation sites is 1. The minimum atomic E-state index is -0.791. The summed E-state index contributed by atoms with van der Waals surface area (Å²) in [5, 5.41) is 11.2. The van der Waals surface area contributed by atoms with Crippen molar-refractivity contribution in [3.63, 3.8) is 0 Å². The zero-order chi connectivity index (χ0) is 23.0. The summed E-state index contributed by atoms with van der Waals surface area (Å²) in [7, 11) is 0. The van der Waals surface area contributed by atoms with Gasteiger partial charge >= 0.3 is 0 Å². The molecule has 1 atom stereocenters. The molecule has 5 rings (SSSR count). The van der Waals surface area contributed by atoms with Crippen LogP contribution in [0.25, 0.3) is 11.4 Å². The summed E-state index contributed by atoms with van der Waals surface area (Å²) in [6, 6.07) is 13.8. The van der Waals surface area contributed by atoms with Gasteiger partial charge in [0.25, 0.3) is 0 Å². The van der Waals surface area contributed by atoms with E-state index in [0.29, 0.717) is 16.7 Å². The summed E-state index contributed by atoms with van der Waals surface area (Å²) in [5.74, 6) is 1.74. The normalized spacial score (nSPS) is 14.7. The molecule has 4 aromatic rings. The molecule has 0 radical (unpaired) electrons. The van der Waals surface area contributed by atoms with E-state index < -0.39 is 5.41 Å². The Labute approximate surface area is 195 Å². The highest BCUT2D eigenvalue weighted by Crippen LogP contribution is 2.52. The zero-order valence-corrected chi connectivity index (χ0v) is 19.4. The molecular weight excluding hydrogens is 434 g/mol. The van der Waals surface area contributed by atoms with Crippen LogP contribution in [0.15, 0.2) is 60.4 Å². The second kappa shape index (κ2) is 8.37. The lowest BCUT2D eigenvalue weighted by molar-refractivity contribution is -0.124. The second-order valence-electron chi connectivity index (χ2n) is 8.51. The molecule has 1 aliphatic heterocycles. The third kappa shape index (κ3) is 3.87. The van der Waals surface area contributed by atoms with Crippen molar-refractivity contribution in [3.8, 4) is 22.9 Å². The SMILES string of the molecule is CCc1cnc(-c2ccc3c(c2)Oc2ccccc2[C@@H]3C(C)(C)C(=O)Nc2nncs2)nc1. The van der Waals surface area contributed by atoms with Gasteiger partial charge in [0, 0.05) is 35.0 Å². The summed E-state index contributed by atoms with van der Waals surface area (Å²) in [4.78, 5) is 22.4. The molecule has 1 amide bonds. The minimum absolute atomic E-state index is 0.130. The highest BCUT2D eigenvalue weighted by molar-refractivity contribution is 7.13. The number of rotatable bonds is 5. The fourth-order valence-corrected chi connectivity index (χ4v) is 4.62. The Morgan fingerprint density at radius 2 is 1.85 bits per heavy atom. The summed E-state index contributed by atoms with van der Waals surface area (Å²) < 4.78 is 6.29. The minimum Gasteiger partial charge on any atom is -0.457 e. The molecule has 7 nitrogen and oxygen atoms in total. The maximum absolute atomic E-state index is 13.4. The van der Waals surface area contributed by atoms with Crippen LogP contribution in [0.1, 0.15) is 43.4 Å². The van der Waals surface area contributed by atoms with Gasteiger partial charge in [-0.2, -0.15) is 0 Å². The van der Waals surface area contributed by atoms with Gasteiger partial charge in [0.2, 0.25) is 11.0 Å². The Kier molecular flexibility index (Phi) is 5.38. The predicted molar refractivity (Wildman–Crippen MR) is 128 cm³/mol. The monoisotopic (exact) mass is 457 g/mol. The number of benzene rings is 2. The first-order chi connectivity index (χ1) is 16.0. The van der Waals surface area contributed by atoms with Crippen LogP contribution in [0, 0.1) is 5.41 Å². The summed E-state index contributed by atoms with van der Waals surface area (Å²) in [5.41, 5.74) is 4.67. The van der Waals surface area contributed by atoms with E-state index in [1.807, 2.05) is 68.7 Å². The molecule has 166 valence electrons. The standard InChI is InChI=1S/C25H23N5O2S/c1-4-15-12-26-22(27-13-15)16-9-10-18-20(11-16)32-19-8-6-5-7-17(19)21(18)25(2,3)23(31)29-24-30-28-14-33-24/h5-14,21H,4H2,1-3H3,(H,29,30,31)/t21-/m0/s1. The van der Waals surface area contributed by atoms with E-state index in [1.54, 1.807) is 5.51 Å². The number of hydrogen-bond donors (Lipinski definition) is 1. The summed E-state index contributed by atoms with van der Waals surface area (Å²) >= 11 is 1.29. The highest BCUT2D eigenvalue weighted by atomic mass is 32.1. The number of fused-ring (bicyclic) bond motifs is 2.